The van der Waals surface area contributed by atoms with Crippen molar-refractivity contribution in [3.05, 3.63) is 136 Å². The van der Waals surface area contributed by atoms with Crippen molar-refractivity contribution >= 4 is 22.5 Å². The van der Waals surface area contributed by atoms with Crippen LogP contribution in [0.3, 0.4) is 0 Å². The Morgan fingerprint density at radius 1 is 0.946 bits per heavy atom. The van der Waals surface area contributed by atoms with E-state index in [1.54, 1.807) is 54.6 Å². The highest BCUT2D eigenvalue weighted by Gasteiger charge is 2.12. The largest absolute Gasteiger partial charge is 0.489 e. The van der Waals surface area contributed by atoms with Crippen LogP contribution in [-0.4, -0.2) is 15.5 Å². The number of anilines is 1. The van der Waals surface area contributed by atoms with E-state index >= 15 is 0 Å². The summed E-state index contributed by atoms with van der Waals surface area (Å²) in [5.41, 5.74) is 3.51. The molecule has 0 unspecified atom stereocenters. The van der Waals surface area contributed by atoms with Gasteiger partial charge in [0.2, 0.25) is 0 Å². The summed E-state index contributed by atoms with van der Waals surface area (Å²) in [6.45, 7) is 0.696. The number of benzene rings is 4. The zero-order valence-corrected chi connectivity index (χ0v) is 19.8. The van der Waals surface area contributed by atoms with E-state index in [1.807, 2.05) is 42.5 Å². The first-order valence-corrected chi connectivity index (χ1v) is 11.7. The lowest BCUT2D eigenvalue weighted by atomic mass is 10.1. The molecule has 180 valence electrons. The second-order valence-corrected chi connectivity index (χ2v) is 8.43. The highest BCUT2D eigenvalue weighted by Crippen LogP contribution is 2.19. The Kier molecular flexibility index (Phi) is 6.73. The molecule has 0 radical (unpaired) electrons. The monoisotopic (exact) mass is 486 g/mol. The van der Waals surface area contributed by atoms with Crippen LogP contribution >= 0.6 is 0 Å². The van der Waals surface area contributed by atoms with E-state index in [4.69, 9.17) is 4.74 Å². The smallest absolute Gasteiger partial charge is 0.261 e. The highest BCUT2D eigenvalue weighted by molar-refractivity contribution is 6.06. The predicted molar refractivity (Wildman–Crippen MR) is 141 cm³/mol. The summed E-state index contributed by atoms with van der Waals surface area (Å²) in [5, 5.41) is 12.6. The molecule has 0 fully saturated rings. The number of carbonyl (C=O) groups excluding carboxylic acids is 1. The summed E-state index contributed by atoms with van der Waals surface area (Å²) in [6.07, 6.45) is 1.44. The summed E-state index contributed by atoms with van der Waals surface area (Å²) in [7, 11) is 0. The number of aromatic nitrogens is 2. The first-order chi connectivity index (χ1) is 18.1. The maximum atomic E-state index is 13.0. The molecule has 5 aromatic rings. The molecule has 0 aliphatic heterocycles. The molecule has 1 amide bonds. The van der Waals surface area contributed by atoms with E-state index in [-0.39, 0.29) is 18.0 Å². The number of rotatable bonds is 7. The molecule has 0 atom stereocenters. The average molecular weight is 487 g/mol. The van der Waals surface area contributed by atoms with Gasteiger partial charge in [-0.25, -0.2) is 4.98 Å². The van der Waals surface area contributed by atoms with Gasteiger partial charge in [-0.15, -0.1) is 0 Å². The van der Waals surface area contributed by atoms with Crippen LogP contribution in [0.4, 0.5) is 5.69 Å². The number of ether oxygens (including phenoxy) is 1. The molecule has 0 bridgehead atoms. The zero-order valence-electron chi connectivity index (χ0n) is 19.8. The van der Waals surface area contributed by atoms with Crippen LogP contribution in [0.25, 0.3) is 10.9 Å². The van der Waals surface area contributed by atoms with Crippen molar-refractivity contribution in [1.29, 1.82) is 5.26 Å². The molecule has 0 spiro atoms. The van der Waals surface area contributed by atoms with Gasteiger partial charge in [0, 0.05) is 11.3 Å². The minimum absolute atomic E-state index is 0.235. The average Bonchev–Trinajstić information content (AvgIpc) is 2.95. The SMILES string of the molecule is N#Cc1ccccc1Cn1cnc2cc(C(=O)Nc3ccc(OCc4ccccc4)cc3)ccc2c1=O. The Labute approximate surface area is 213 Å². The molecule has 1 aromatic heterocycles. The highest BCUT2D eigenvalue weighted by atomic mass is 16.5. The number of amides is 1. The van der Waals surface area contributed by atoms with Gasteiger partial charge in [-0.05, 0) is 59.7 Å². The van der Waals surface area contributed by atoms with Gasteiger partial charge in [0.05, 0.1) is 35.4 Å². The Balaban J connectivity index is 1.28. The van der Waals surface area contributed by atoms with Gasteiger partial charge in [-0.1, -0.05) is 48.5 Å². The molecule has 4 aromatic carbocycles. The van der Waals surface area contributed by atoms with Gasteiger partial charge in [-0.2, -0.15) is 5.26 Å². The second-order valence-electron chi connectivity index (χ2n) is 8.43. The van der Waals surface area contributed by atoms with Crippen molar-refractivity contribution in [3.8, 4) is 11.8 Å². The third-order valence-corrected chi connectivity index (χ3v) is 5.93. The number of nitrogens with one attached hydrogen (secondary N) is 1. The summed E-state index contributed by atoms with van der Waals surface area (Å²) in [6, 6.07) is 31.1. The van der Waals surface area contributed by atoms with Crippen molar-refractivity contribution in [2.45, 2.75) is 13.2 Å². The number of fused-ring (bicyclic) bond motifs is 1. The molecule has 0 aliphatic carbocycles. The lowest BCUT2D eigenvalue weighted by Crippen LogP contribution is -2.22. The van der Waals surface area contributed by atoms with Crippen LogP contribution in [0.1, 0.15) is 27.0 Å². The van der Waals surface area contributed by atoms with E-state index in [1.165, 1.54) is 10.9 Å². The van der Waals surface area contributed by atoms with E-state index in [0.717, 1.165) is 11.1 Å². The van der Waals surface area contributed by atoms with Crippen molar-refractivity contribution in [2.24, 2.45) is 0 Å². The van der Waals surface area contributed by atoms with Crippen LogP contribution in [0.2, 0.25) is 0 Å². The molecule has 7 heteroatoms. The number of nitriles is 1. The van der Waals surface area contributed by atoms with Crippen LogP contribution in [-0.2, 0) is 13.2 Å². The Hall–Kier alpha value is -5.22. The molecular formula is C30H22N4O3. The fourth-order valence-corrected chi connectivity index (χ4v) is 3.94. The second kappa shape index (κ2) is 10.6. The van der Waals surface area contributed by atoms with Gasteiger partial charge < -0.3 is 10.1 Å². The molecule has 5 rings (SSSR count). The normalized spacial score (nSPS) is 10.6. The minimum Gasteiger partial charge on any atom is -0.489 e. The van der Waals surface area contributed by atoms with Gasteiger partial charge in [-0.3, -0.25) is 14.2 Å². The van der Waals surface area contributed by atoms with E-state index in [2.05, 4.69) is 16.4 Å². The fraction of sp³-hybridized carbons (Fsp3) is 0.0667. The lowest BCUT2D eigenvalue weighted by molar-refractivity contribution is 0.102. The van der Waals surface area contributed by atoms with Crippen molar-refractivity contribution in [2.75, 3.05) is 5.32 Å². The fourth-order valence-electron chi connectivity index (χ4n) is 3.94. The molecule has 0 saturated heterocycles. The number of nitrogens with zero attached hydrogens (tertiary/aromatic N) is 3. The molecule has 37 heavy (non-hydrogen) atoms. The Bertz CT molecular complexity index is 1670. The van der Waals surface area contributed by atoms with Gasteiger partial charge in [0.15, 0.2) is 0 Å². The topological polar surface area (TPSA) is 97.0 Å². The summed E-state index contributed by atoms with van der Waals surface area (Å²) in [4.78, 5) is 30.2. The third-order valence-electron chi connectivity index (χ3n) is 5.93. The summed E-state index contributed by atoms with van der Waals surface area (Å²) in [5.74, 6) is 0.388. The molecule has 1 N–H and O–H groups in total. The van der Waals surface area contributed by atoms with Gasteiger partial charge in [0.1, 0.15) is 12.4 Å². The number of hydrogen-bond acceptors (Lipinski definition) is 5. The first kappa shape index (κ1) is 23.5. The van der Waals surface area contributed by atoms with Gasteiger partial charge >= 0.3 is 0 Å². The van der Waals surface area contributed by atoms with E-state index in [0.29, 0.717) is 40.1 Å². The molecule has 1 heterocycles. The quantitative estimate of drug-likeness (QED) is 0.343. The molecule has 0 saturated carbocycles. The third kappa shape index (κ3) is 5.39. The molecule has 7 nitrogen and oxygen atoms in total. The number of carbonyl (C=O) groups is 1. The van der Waals surface area contributed by atoms with Crippen molar-refractivity contribution < 1.29 is 9.53 Å². The summed E-state index contributed by atoms with van der Waals surface area (Å²) < 4.78 is 7.25. The van der Waals surface area contributed by atoms with Crippen LogP contribution in [0, 0.1) is 11.3 Å². The zero-order chi connectivity index (χ0) is 25.6. The standard InChI is InChI=1S/C30H22N4O3/c31-17-23-8-4-5-9-24(23)18-34-20-32-28-16-22(10-15-27(28)30(34)36)29(35)33-25-11-13-26(14-12-25)37-19-21-6-2-1-3-7-21/h1-16,20H,18-19H2,(H,33,35). The van der Waals surface area contributed by atoms with Crippen molar-refractivity contribution in [3.63, 3.8) is 0 Å². The minimum atomic E-state index is -0.311. The van der Waals surface area contributed by atoms with Crippen LogP contribution in [0.5, 0.6) is 5.75 Å². The van der Waals surface area contributed by atoms with Crippen LogP contribution < -0.4 is 15.6 Å². The maximum Gasteiger partial charge on any atom is 0.261 e. The predicted octanol–water partition coefficient (Wildman–Crippen LogP) is 5.15. The van der Waals surface area contributed by atoms with Gasteiger partial charge in [0.25, 0.3) is 11.5 Å². The summed E-state index contributed by atoms with van der Waals surface area (Å²) >= 11 is 0. The van der Waals surface area contributed by atoms with E-state index < -0.39 is 0 Å². The molecule has 0 aliphatic rings. The molecular weight excluding hydrogens is 464 g/mol. The Morgan fingerprint density at radius 3 is 2.49 bits per heavy atom. The number of hydrogen-bond donors (Lipinski definition) is 1. The van der Waals surface area contributed by atoms with Crippen LogP contribution in [0.15, 0.2) is 108 Å². The Morgan fingerprint density at radius 2 is 1.70 bits per heavy atom. The van der Waals surface area contributed by atoms with E-state index in [9.17, 15) is 14.9 Å². The first-order valence-electron chi connectivity index (χ1n) is 11.7. The maximum absolute atomic E-state index is 13.0. The lowest BCUT2D eigenvalue weighted by Gasteiger charge is -2.10. The van der Waals surface area contributed by atoms with Crippen molar-refractivity contribution in [1.82, 2.24) is 9.55 Å².